The summed E-state index contributed by atoms with van der Waals surface area (Å²) in [6, 6.07) is -0.711. The number of rotatable bonds is 42. The van der Waals surface area contributed by atoms with Gasteiger partial charge in [-0.25, -0.2) is 0 Å². The molecule has 0 radical (unpaired) electrons. The van der Waals surface area contributed by atoms with E-state index in [-0.39, 0.29) is 18.0 Å². The van der Waals surface area contributed by atoms with Crippen LogP contribution in [-0.2, 0) is 14.3 Å². The fraction of sp³-hybridized carbons (Fsp3) is 0.979. The fourth-order valence-electron chi connectivity index (χ4n) is 8.22. The van der Waals surface area contributed by atoms with Crippen LogP contribution in [0.25, 0.3) is 0 Å². The van der Waals surface area contributed by atoms with Crippen LogP contribution in [0.2, 0.25) is 0 Å². The summed E-state index contributed by atoms with van der Waals surface area (Å²) in [4.78, 5) is 13.0. The van der Waals surface area contributed by atoms with E-state index in [1.807, 2.05) is 0 Å². The van der Waals surface area contributed by atoms with Gasteiger partial charge in [-0.1, -0.05) is 226 Å². The first-order chi connectivity index (χ1) is 27.8. The van der Waals surface area contributed by atoms with Crippen LogP contribution in [0, 0.1) is 0 Å². The lowest BCUT2D eigenvalue weighted by Gasteiger charge is -2.40. The number of hydrogen-bond donors (Lipinski definition) is 6. The molecule has 0 aromatic rings. The summed E-state index contributed by atoms with van der Waals surface area (Å²) in [5, 5.41) is 54.4. The summed E-state index contributed by atoms with van der Waals surface area (Å²) in [5.41, 5.74) is 0. The summed E-state index contributed by atoms with van der Waals surface area (Å²) in [6.45, 7) is 3.85. The van der Waals surface area contributed by atoms with E-state index < -0.39 is 49.5 Å². The third kappa shape index (κ3) is 31.1. The standard InChI is InChI=1S/C48H95NO8.H2O/c1-3-5-7-9-11-13-15-17-18-19-20-21-22-23-24-26-28-30-32-34-36-38-44(52)49-41(40-56-48-47(55)46(54)45(53)43(39-50)57-48)42(51)37-35-33-31-29-27-25-16-14-12-10-8-6-4-2;/h41-43,45-48,50-51,53-55H,3-40H2,1-2H3,(H,49,52);1H2/t41-,42+,43?,45?,46?,47?,48?;/m0./s1. The minimum absolute atomic E-state index is 0. The van der Waals surface area contributed by atoms with Crippen LogP contribution in [0.1, 0.15) is 245 Å². The third-order valence-electron chi connectivity index (χ3n) is 12.2. The number of hydrogen-bond acceptors (Lipinski definition) is 8. The highest BCUT2D eigenvalue weighted by molar-refractivity contribution is 5.76. The van der Waals surface area contributed by atoms with Crippen LogP contribution in [0.5, 0.6) is 0 Å². The van der Waals surface area contributed by atoms with Crippen LogP contribution in [0.4, 0.5) is 0 Å². The number of aliphatic hydroxyl groups is 5. The molecule has 348 valence electrons. The smallest absolute Gasteiger partial charge is 0.220 e. The minimum atomic E-state index is -1.55. The lowest BCUT2D eigenvalue weighted by atomic mass is 9.99. The molecule has 1 amide bonds. The second-order valence-corrected chi connectivity index (χ2v) is 17.6. The van der Waals surface area contributed by atoms with Crippen molar-refractivity contribution in [2.45, 2.75) is 288 Å². The summed E-state index contributed by atoms with van der Waals surface area (Å²) >= 11 is 0. The first-order valence-electron chi connectivity index (χ1n) is 24.7. The van der Waals surface area contributed by atoms with E-state index >= 15 is 0 Å². The van der Waals surface area contributed by atoms with Crippen LogP contribution in [0.3, 0.4) is 0 Å². The zero-order chi connectivity index (χ0) is 41.6. The number of carbonyl (C=O) groups is 1. The molecule has 7 atom stereocenters. The number of carbonyl (C=O) groups excluding carboxylic acids is 1. The SMILES string of the molecule is CCCCCCCCCCCCCCCCCCCCCCCC(=O)N[C@@H](COC1OC(CO)C(O)C(O)C1O)[C@H](O)CCCCCCCCCCCCCCC.O. The number of aliphatic hydroxyl groups excluding tert-OH is 5. The van der Waals surface area contributed by atoms with Crippen molar-refractivity contribution in [3.05, 3.63) is 0 Å². The second-order valence-electron chi connectivity index (χ2n) is 17.6. The van der Waals surface area contributed by atoms with E-state index in [0.717, 1.165) is 38.5 Å². The average Bonchev–Trinajstić information content (AvgIpc) is 3.21. The molecule has 0 aliphatic carbocycles. The maximum Gasteiger partial charge on any atom is 0.220 e. The third-order valence-corrected chi connectivity index (χ3v) is 12.2. The molecular formula is C48H97NO9. The molecule has 1 saturated heterocycles. The average molecular weight is 832 g/mol. The molecule has 0 saturated carbocycles. The zero-order valence-corrected chi connectivity index (χ0v) is 37.9. The van der Waals surface area contributed by atoms with Gasteiger partial charge < -0.3 is 45.8 Å². The van der Waals surface area contributed by atoms with Gasteiger partial charge in [0.05, 0.1) is 25.4 Å². The first-order valence-corrected chi connectivity index (χ1v) is 24.7. The van der Waals surface area contributed by atoms with Gasteiger partial charge in [0.1, 0.15) is 24.4 Å². The van der Waals surface area contributed by atoms with Crippen LogP contribution < -0.4 is 5.32 Å². The van der Waals surface area contributed by atoms with Gasteiger partial charge in [-0.2, -0.15) is 0 Å². The van der Waals surface area contributed by atoms with Crippen molar-refractivity contribution in [1.29, 1.82) is 0 Å². The monoisotopic (exact) mass is 832 g/mol. The van der Waals surface area contributed by atoms with Crippen molar-refractivity contribution in [2.24, 2.45) is 0 Å². The van der Waals surface area contributed by atoms with E-state index in [1.165, 1.54) is 180 Å². The van der Waals surface area contributed by atoms with Gasteiger partial charge in [0.25, 0.3) is 0 Å². The normalized spacial score (nSPS) is 20.5. The van der Waals surface area contributed by atoms with Crippen molar-refractivity contribution < 1.29 is 45.3 Å². The van der Waals surface area contributed by atoms with Crippen molar-refractivity contribution in [3.8, 4) is 0 Å². The Morgan fingerprint density at radius 1 is 0.534 bits per heavy atom. The fourth-order valence-corrected chi connectivity index (χ4v) is 8.22. The van der Waals surface area contributed by atoms with Crippen molar-refractivity contribution in [2.75, 3.05) is 13.2 Å². The van der Waals surface area contributed by atoms with Crippen molar-refractivity contribution >= 4 is 5.91 Å². The minimum Gasteiger partial charge on any atom is -0.412 e. The predicted molar refractivity (Wildman–Crippen MR) is 239 cm³/mol. The van der Waals surface area contributed by atoms with Crippen molar-refractivity contribution in [1.82, 2.24) is 5.32 Å². The molecule has 1 rings (SSSR count). The molecule has 10 heteroatoms. The molecule has 0 spiro atoms. The highest BCUT2D eigenvalue weighted by Gasteiger charge is 2.44. The largest absolute Gasteiger partial charge is 0.412 e. The maximum absolute atomic E-state index is 13.0. The van der Waals surface area contributed by atoms with Crippen molar-refractivity contribution in [3.63, 3.8) is 0 Å². The second kappa shape index (κ2) is 41.5. The highest BCUT2D eigenvalue weighted by Crippen LogP contribution is 2.23. The first kappa shape index (κ1) is 57.1. The Labute approximate surface area is 356 Å². The maximum atomic E-state index is 13.0. The van der Waals surface area contributed by atoms with Gasteiger partial charge in [-0.3, -0.25) is 4.79 Å². The van der Waals surface area contributed by atoms with Gasteiger partial charge in [0, 0.05) is 6.42 Å². The van der Waals surface area contributed by atoms with E-state index in [4.69, 9.17) is 9.47 Å². The van der Waals surface area contributed by atoms with Gasteiger partial charge in [0.15, 0.2) is 6.29 Å². The molecule has 10 nitrogen and oxygen atoms in total. The topological polar surface area (TPSA) is 180 Å². The van der Waals surface area contributed by atoms with Crippen LogP contribution in [0.15, 0.2) is 0 Å². The molecule has 1 aliphatic rings. The summed E-state index contributed by atoms with van der Waals surface area (Å²) in [5.74, 6) is -0.139. The van der Waals surface area contributed by atoms with Crippen LogP contribution >= 0.6 is 0 Å². The molecule has 8 N–H and O–H groups in total. The molecule has 1 heterocycles. The van der Waals surface area contributed by atoms with E-state index in [9.17, 15) is 30.3 Å². The van der Waals surface area contributed by atoms with Crippen LogP contribution in [-0.4, -0.2) is 93.0 Å². The Balaban J connectivity index is 0.0000325. The molecule has 0 aromatic carbocycles. The number of amides is 1. The highest BCUT2D eigenvalue weighted by atomic mass is 16.7. The number of unbranched alkanes of at least 4 members (excludes halogenated alkanes) is 32. The molecular weight excluding hydrogens is 735 g/mol. The number of nitrogens with one attached hydrogen (secondary N) is 1. The Kier molecular flexibility index (Phi) is 40.9. The molecule has 0 bridgehead atoms. The van der Waals surface area contributed by atoms with Gasteiger partial charge in [-0.05, 0) is 12.8 Å². The zero-order valence-electron chi connectivity index (χ0n) is 37.9. The Morgan fingerprint density at radius 3 is 1.24 bits per heavy atom. The lowest BCUT2D eigenvalue weighted by Crippen LogP contribution is -2.60. The lowest BCUT2D eigenvalue weighted by molar-refractivity contribution is -0.302. The molecule has 0 aromatic heterocycles. The molecule has 1 fully saturated rings. The van der Waals surface area contributed by atoms with E-state index in [0.29, 0.717) is 12.8 Å². The Hall–Kier alpha value is -0.850. The quantitative estimate of drug-likeness (QED) is 0.0329. The molecule has 5 unspecified atom stereocenters. The van der Waals surface area contributed by atoms with Gasteiger partial charge in [-0.15, -0.1) is 0 Å². The predicted octanol–water partition coefficient (Wildman–Crippen LogP) is 9.91. The van der Waals surface area contributed by atoms with Gasteiger partial charge >= 0.3 is 0 Å². The summed E-state index contributed by atoms with van der Waals surface area (Å²) in [6.07, 6.45) is 36.8. The molecule has 58 heavy (non-hydrogen) atoms. The number of ether oxygens (including phenoxy) is 2. The van der Waals surface area contributed by atoms with Gasteiger partial charge in [0.2, 0.25) is 5.91 Å². The summed E-state index contributed by atoms with van der Waals surface area (Å²) < 4.78 is 11.3. The Bertz CT molecular complexity index is 865. The van der Waals surface area contributed by atoms with E-state index in [2.05, 4.69) is 19.2 Å². The Morgan fingerprint density at radius 2 is 0.879 bits per heavy atom. The summed E-state index contributed by atoms with van der Waals surface area (Å²) in [7, 11) is 0. The molecule has 1 aliphatic heterocycles. The van der Waals surface area contributed by atoms with E-state index in [1.54, 1.807) is 0 Å².